The average Bonchev–Trinajstić information content (AvgIpc) is 3.11. The third-order valence-electron chi connectivity index (χ3n) is 4.89. The zero-order chi connectivity index (χ0) is 16.2. The standard InChI is InChI=1S/C17H25N3O3/c1-12-13(6-4-9-18-12)19-16(21)14-7-2-3-10-20(14)17(22)15-8-5-11-23-15/h5,8,11-14,18H,2-4,6-7,9-10H2,1H3,(H,19,21). The Morgan fingerprint density at radius 2 is 2.17 bits per heavy atom. The lowest BCUT2D eigenvalue weighted by atomic mass is 9.97. The van der Waals surface area contributed by atoms with E-state index in [2.05, 4.69) is 17.6 Å². The summed E-state index contributed by atoms with van der Waals surface area (Å²) in [5.74, 6) is 0.0761. The number of amides is 2. The molecule has 3 atom stereocenters. The second-order valence-electron chi connectivity index (χ2n) is 6.49. The number of hydrogen-bond acceptors (Lipinski definition) is 4. The van der Waals surface area contributed by atoms with E-state index in [9.17, 15) is 9.59 Å². The second kappa shape index (κ2) is 7.17. The molecule has 3 heterocycles. The molecule has 2 amide bonds. The van der Waals surface area contributed by atoms with Crippen molar-refractivity contribution < 1.29 is 14.0 Å². The molecule has 2 aliphatic heterocycles. The van der Waals surface area contributed by atoms with Crippen LogP contribution in [0.2, 0.25) is 0 Å². The van der Waals surface area contributed by atoms with Gasteiger partial charge in [0, 0.05) is 18.6 Å². The molecular formula is C17H25N3O3. The fourth-order valence-corrected chi connectivity index (χ4v) is 3.51. The Morgan fingerprint density at radius 3 is 2.91 bits per heavy atom. The van der Waals surface area contributed by atoms with Crippen LogP contribution in [0.4, 0.5) is 0 Å². The molecule has 6 heteroatoms. The van der Waals surface area contributed by atoms with Crippen LogP contribution in [0.3, 0.4) is 0 Å². The Morgan fingerprint density at radius 1 is 1.30 bits per heavy atom. The number of furan rings is 1. The molecule has 6 nitrogen and oxygen atoms in total. The van der Waals surface area contributed by atoms with E-state index in [0.29, 0.717) is 18.7 Å². The molecule has 1 aromatic heterocycles. The maximum absolute atomic E-state index is 12.7. The topological polar surface area (TPSA) is 74.6 Å². The summed E-state index contributed by atoms with van der Waals surface area (Å²) in [6.07, 6.45) is 6.15. The predicted octanol–water partition coefficient (Wildman–Crippen LogP) is 1.53. The highest BCUT2D eigenvalue weighted by atomic mass is 16.3. The Balaban J connectivity index is 1.68. The smallest absolute Gasteiger partial charge is 0.290 e. The van der Waals surface area contributed by atoms with Crippen LogP contribution in [-0.4, -0.2) is 47.9 Å². The SMILES string of the molecule is CC1NCCCC1NC(=O)C1CCCCN1C(=O)c1ccco1. The molecule has 0 aliphatic carbocycles. The minimum atomic E-state index is -0.393. The average molecular weight is 319 g/mol. The monoisotopic (exact) mass is 319 g/mol. The van der Waals surface area contributed by atoms with Gasteiger partial charge in [-0.05, 0) is 57.7 Å². The first-order valence-corrected chi connectivity index (χ1v) is 8.55. The second-order valence-corrected chi connectivity index (χ2v) is 6.49. The molecule has 126 valence electrons. The third-order valence-corrected chi connectivity index (χ3v) is 4.89. The molecule has 2 aliphatic rings. The number of nitrogens with zero attached hydrogens (tertiary/aromatic N) is 1. The summed E-state index contributed by atoms with van der Waals surface area (Å²) in [6.45, 7) is 3.70. The number of rotatable bonds is 3. The highest BCUT2D eigenvalue weighted by molar-refractivity contribution is 5.95. The van der Waals surface area contributed by atoms with E-state index in [1.807, 2.05) is 0 Å². The number of hydrogen-bond donors (Lipinski definition) is 2. The Labute approximate surface area is 136 Å². The van der Waals surface area contributed by atoms with Crippen molar-refractivity contribution in [1.82, 2.24) is 15.5 Å². The van der Waals surface area contributed by atoms with Crippen LogP contribution in [0, 0.1) is 0 Å². The van der Waals surface area contributed by atoms with Crippen molar-refractivity contribution in [2.75, 3.05) is 13.1 Å². The lowest BCUT2D eigenvalue weighted by Crippen LogP contribution is -2.58. The minimum Gasteiger partial charge on any atom is -0.459 e. The van der Waals surface area contributed by atoms with Crippen molar-refractivity contribution in [1.29, 1.82) is 0 Å². The largest absolute Gasteiger partial charge is 0.459 e. The van der Waals surface area contributed by atoms with Crippen LogP contribution in [0.25, 0.3) is 0 Å². The van der Waals surface area contributed by atoms with Gasteiger partial charge in [-0.3, -0.25) is 9.59 Å². The van der Waals surface area contributed by atoms with E-state index >= 15 is 0 Å². The predicted molar refractivity (Wildman–Crippen MR) is 86.0 cm³/mol. The molecule has 2 fully saturated rings. The van der Waals surface area contributed by atoms with Crippen LogP contribution in [-0.2, 0) is 4.79 Å². The van der Waals surface area contributed by atoms with E-state index in [1.54, 1.807) is 17.0 Å². The number of carbonyl (C=O) groups excluding carboxylic acids is 2. The summed E-state index contributed by atoms with van der Waals surface area (Å²) >= 11 is 0. The Hall–Kier alpha value is -1.82. The molecule has 1 aromatic rings. The number of piperidine rings is 2. The van der Waals surface area contributed by atoms with E-state index in [4.69, 9.17) is 4.42 Å². The van der Waals surface area contributed by atoms with E-state index in [-0.39, 0.29) is 23.9 Å². The van der Waals surface area contributed by atoms with E-state index < -0.39 is 6.04 Å². The van der Waals surface area contributed by atoms with Gasteiger partial charge in [0.05, 0.1) is 6.26 Å². The van der Waals surface area contributed by atoms with Gasteiger partial charge in [0.25, 0.3) is 5.91 Å². The first kappa shape index (κ1) is 16.1. The van der Waals surface area contributed by atoms with Gasteiger partial charge in [-0.2, -0.15) is 0 Å². The molecule has 23 heavy (non-hydrogen) atoms. The van der Waals surface area contributed by atoms with Crippen LogP contribution >= 0.6 is 0 Å². The molecule has 0 saturated carbocycles. The van der Waals surface area contributed by atoms with Gasteiger partial charge in [-0.15, -0.1) is 0 Å². The van der Waals surface area contributed by atoms with Gasteiger partial charge < -0.3 is 20.0 Å². The first-order chi connectivity index (χ1) is 11.2. The molecule has 2 saturated heterocycles. The van der Waals surface area contributed by atoms with Crippen LogP contribution in [0.5, 0.6) is 0 Å². The van der Waals surface area contributed by atoms with Crippen LogP contribution < -0.4 is 10.6 Å². The molecular weight excluding hydrogens is 294 g/mol. The fraction of sp³-hybridized carbons (Fsp3) is 0.647. The van der Waals surface area contributed by atoms with Gasteiger partial charge >= 0.3 is 0 Å². The minimum absolute atomic E-state index is 0.0369. The van der Waals surface area contributed by atoms with Crippen molar-refractivity contribution in [3.63, 3.8) is 0 Å². The van der Waals surface area contributed by atoms with E-state index in [0.717, 1.165) is 32.2 Å². The van der Waals surface area contributed by atoms with Crippen molar-refractivity contribution in [2.45, 2.75) is 57.2 Å². The van der Waals surface area contributed by atoms with Crippen molar-refractivity contribution in [2.24, 2.45) is 0 Å². The Kier molecular flexibility index (Phi) is 5.00. The molecule has 0 bridgehead atoms. The summed E-state index contributed by atoms with van der Waals surface area (Å²) in [5, 5.41) is 6.53. The maximum Gasteiger partial charge on any atom is 0.290 e. The van der Waals surface area contributed by atoms with Gasteiger partial charge in [0.2, 0.25) is 5.91 Å². The van der Waals surface area contributed by atoms with Gasteiger partial charge in [-0.25, -0.2) is 0 Å². The fourth-order valence-electron chi connectivity index (χ4n) is 3.51. The summed E-state index contributed by atoms with van der Waals surface area (Å²) in [5.41, 5.74) is 0. The molecule has 3 unspecified atom stereocenters. The van der Waals surface area contributed by atoms with Crippen LogP contribution in [0.1, 0.15) is 49.6 Å². The van der Waals surface area contributed by atoms with Gasteiger partial charge in [0.15, 0.2) is 5.76 Å². The lowest BCUT2D eigenvalue weighted by Gasteiger charge is -2.37. The molecule has 0 radical (unpaired) electrons. The number of carbonyl (C=O) groups is 2. The molecule has 0 spiro atoms. The first-order valence-electron chi connectivity index (χ1n) is 8.55. The van der Waals surface area contributed by atoms with Gasteiger partial charge in [0.1, 0.15) is 6.04 Å². The Bertz CT molecular complexity index is 543. The quantitative estimate of drug-likeness (QED) is 0.886. The van der Waals surface area contributed by atoms with Crippen molar-refractivity contribution in [3.8, 4) is 0 Å². The molecule has 0 aromatic carbocycles. The summed E-state index contributed by atoms with van der Waals surface area (Å²) in [4.78, 5) is 27.0. The maximum atomic E-state index is 12.7. The third kappa shape index (κ3) is 3.58. The molecule has 2 N–H and O–H groups in total. The zero-order valence-corrected chi connectivity index (χ0v) is 13.6. The summed E-state index contributed by atoms with van der Waals surface area (Å²) in [7, 11) is 0. The van der Waals surface area contributed by atoms with Gasteiger partial charge in [-0.1, -0.05) is 0 Å². The number of nitrogens with one attached hydrogen (secondary N) is 2. The van der Waals surface area contributed by atoms with Crippen molar-refractivity contribution >= 4 is 11.8 Å². The highest BCUT2D eigenvalue weighted by Gasteiger charge is 2.35. The summed E-state index contributed by atoms with van der Waals surface area (Å²) in [6, 6.07) is 3.36. The normalized spacial score (nSPS) is 28.4. The van der Waals surface area contributed by atoms with Crippen LogP contribution in [0.15, 0.2) is 22.8 Å². The zero-order valence-electron chi connectivity index (χ0n) is 13.6. The molecule has 3 rings (SSSR count). The van der Waals surface area contributed by atoms with E-state index in [1.165, 1.54) is 6.26 Å². The van der Waals surface area contributed by atoms with Crippen molar-refractivity contribution in [3.05, 3.63) is 24.2 Å². The summed E-state index contributed by atoms with van der Waals surface area (Å²) < 4.78 is 5.21. The lowest BCUT2D eigenvalue weighted by molar-refractivity contribution is -0.127. The number of likely N-dealkylation sites (tertiary alicyclic amines) is 1. The highest BCUT2D eigenvalue weighted by Crippen LogP contribution is 2.21.